The van der Waals surface area contributed by atoms with Crippen LogP contribution in [-0.2, 0) is 0 Å². The van der Waals surface area contributed by atoms with Crippen molar-refractivity contribution in [2.24, 2.45) is 0 Å². The maximum atomic E-state index is 13.0. The van der Waals surface area contributed by atoms with Crippen molar-refractivity contribution in [2.75, 3.05) is 51.3 Å². The van der Waals surface area contributed by atoms with Gasteiger partial charge in [0, 0.05) is 43.4 Å². The molecule has 0 spiro atoms. The van der Waals surface area contributed by atoms with E-state index in [-0.39, 0.29) is 11.7 Å². The van der Waals surface area contributed by atoms with Crippen LogP contribution in [0.2, 0.25) is 5.02 Å². The fourth-order valence-corrected chi connectivity index (χ4v) is 3.51. The van der Waals surface area contributed by atoms with E-state index in [1.807, 2.05) is 12.1 Å². The molecule has 1 N–H and O–H groups in total. The summed E-state index contributed by atoms with van der Waals surface area (Å²) in [6.07, 6.45) is 0.866. The number of rotatable bonds is 7. The number of hydrogen-bond donors (Lipinski definition) is 1. The highest BCUT2D eigenvalue weighted by Crippen LogP contribution is 2.22. The number of carbonyl (C=O) groups excluding carboxylic acids is 1. The van der Waals surface area contributed by atoms with Gasteiger partial charge >= 0.3 is 0 Å². The lowest BCUT2D eigenvalue weighted by Gasteiger charge is -2.36. The van der Waals surface area contributed by atoms with Crippen LogP contribution in [0.1, 0.15) is 16.8 Å². The van der Waals surface area contributed by atoms with Crippen LogP contribution in [0.15, 0.2) is 42.5 Å². The molecule has 0 bridgehead atoms. The molecule has 1 aliphatic heterocycles. The van der Waals surface area contributed by atoms with Crippen LogP contribution in [0.25, 0.3) is 0 Å². The zero-order valence-corrected chi connectivity index (χ0v) is 16.7. The second-order valence-electron chi connectivity index (χ2n) is 6.76. The Kier molecular flexibility index (Phi) is 7.12. The standard InChI is InChI=1S/C21H25ClFN3O2/c1-28-20-8-3-16(22)15-19(20)21(27)24-9-2-10-25-11-13-26(14-12-25)18-6-4-17(23)5-7-18/h3-8,15H,2,9-14H2,1H3,(H,24,27). The Labute approximate surface area is 170 Å². The molecule has 1 heterocycles. The van der Waals surface area contributed by atoms with E-state index < -0.39 is 0 Å². The van der Waals surface area contributed by atoms with Crippen molar-refractivity contribution in [3.05, 3.63) is 58.9 Å². The van der Waals surface area contributed by atoms with Gasteiger partial charge < -0.3 is 15.0 Å². The van der Waals surface area contributed by atoms with Crippen LogP contribution in [-0.4, -0.2) is 57.2 Å². The molecule has 1 fully saturated rings. The average Bonchev–Trinajstić information content (AvgIpc) is 2.72. The van der Waals surface area contributed by atoms with Gasteiger partial charge in [0.2, 0.25) is 0 Å². The lowest BCUT2D eigenvalue weighted by molar-refractivity contribution is 0.0948. The van der Waals surface area contributed by atoms with E-state index in [1.54, 1.807) is 18.2 Å². The number of methoxy groups -OCH3 is 1. The maximum absolute atomic E-state index is 13.0. The van der Waals surface area contributed by atoms with Gasteiger partial charge in [-0.3, -0.25) is 9.69 Å². The number of hydrogen-bond acceptors (Lipinski definition) is 4. The Morgan fingerprint density at radius 1 is 1.14 bits per heavy atom. The van der Waals surface area contributed by atoms with Crippen LogP contribution in [0.5, 0.6) is 5.75 Å². The van der Waals surface area contributed by atoms with Crippen LogP contribution in [0.4, 0.5) is 10.1 Å². The Hall–Kier alpha value is -2.31. The minimum Gasteiger partial charge on any atom is -0.496 e. The predicted molar refractivity (Wildman–Crippen MR) is 110 cm³/mol. The van der Waals surface area contributed by atoms with E-state index in [0.717, 1.165) is 44.8 Å². The first-order valence-electron chi connectivity index (χ1n) is 9.41. The van der Waals surface area contributed by atoms with E-state index in [1.165, 1.54) is 19.2 Å². The number of nitrogens with zero attached hydrogens (tertiary/aromatic N) is 2. The molecule has 1 saturated heterocycles. The molecule has 1 amide bonds. The van der Waals surface area contributed by atoms with E-state index in [4.69, 9.17) is 16.3 Å². The molecule has 2 aromatic carbocycles. The molecular formula is C21H25ClFN3O2. The van der Waals surface area contributed by atoms with Gasteiger partial charge in [0.1, 0.15) is 11.6 Å². The second-order valence-corrected chi connectivity index (χ2v) is 7.20. The molecule has 0 aromatic heterocycles. The third kappa shape index (κ3) is 5.36. The number of carbonyl (C=O) groups is 1. The summed E-state index contributed by atoms with van der Waals surface area (Å²) in [4.78, 5) is 17.0. The van der Waals surface area contributed by atoms with E-state index in [2.05, 4.69) is 15.1 Å². The van der Waals surface area contributed by atoms with E-state index >= 15 is 0 Å². The summed E-state index contributed by atoms with van der Waals surface area (Å²) in [7, 11) is 1.53. The molecule has 150 valence electrons. The fourth-order valence-electron chi connectivity index (χ4n) is 3.34. The molecule has 0 unspecified atom stereocenters. The first-order chi connectivity index (χ1) is 13.6. The minimum absolute atomic E-state index is 0.180. The first-order valence-corrected chi connectivity index (χ1v) is 9.79. The van der Waals surface area contributed by atoms with Crippen molar-refractivity contribution < 1.29 is 13.9 Å². The number of nitrogens with one attached hydrogen (secondary N) is 1. The first kappa shape index (κ1) is 20.4. The molecule has 7 heteroatoms. The van der Waals surface area contributed by atoms with Gasteiger partial charge in [0.05, 0.1) is 12.7 Å². The summed E-state index contributed by atoms with van der Waals surface area (Å²) in [6.45, 7) is 5.24. The normalized spacial score (nSPS) is 14.8. The quantitative estimate of drug-likeness (QED) is 0.717. The third-order valence-corrected chi connectivity index (χ3v) is 5.14. The van der Waals surface area contributed by atoms with Gasteiger partial charge in [-0.15, -0.1) is 0 Å². The summed E-state index contributed by atoms with van der Waals surface area (Å²) in [5.41, 5.74) is 1.51. The van der Waals surface area contributed by atoms with Gasteiger partial charge in [-0.05, 0) is 55.4 Å². The molecule has 5 nitrogen and oxygen atoms in total. The molecule has 0 aliphatic carbocycles. The van der Waals surface area contributed by atoms with Crippen LogP contribution in [0.3, 0.4) is 0 Å². The summed E-state index contributed by atoms with van der Waals surface area (Å²) in [5.74, 6) is 0.124. The second kappa shape index (κ2) is 9.75. The third-order valence-electron chi connectivity index (χ3n) is 4.91. The molecule has 0 saturated carbocycles. The highest BCUT2D eigenvalue weighted by atomic mass is 35.5. The van der Waals surface area contributed by atoms with Gasteiger partial charge in [-0.25, -0.2) is 4.39 Å². The molecule has 1 aliphatic rings. The molecule has 0 radical (unpaired) electrons. The lowest BCUT2D eigenvalue weighted by atomic mass is 10.2. The van der Waals surface area contributed by atoms with Crippen LogP contribution in [0, 0.1) is 5.82 Å². The van der Waals surface area contributed by atoms with E-state index in [9.17, 15) is 9.18 Å². The fraction of sp³-hybridized carbons (Fsp3) is 0.381. The van der Waals surface area contributed by atoms with Crippen molar-refractivity contribution in [2.45, 2.75) is 6.42 Å². The van der Waals surface area contributed by atoms with Crippen LogP contribution >= 0.6 is 11.6 Å². The number of anilines is 1. The Morgan fingerprint density at radius 2 is 1.86 bits per heavy atom. The molecule has 3 rings (SSSR count). The van der Waals surface area contributed by atoms with E-state index in [0.29, 0.717) is 22.9 Å². The number of piperazine rings is 1. The number of ether oxygens (including phenoxy) is 1. The van der Waals surface area contributed by atoms with Crippen molar-refractivity contribution in [1.82, 2.24) is 10.2 Å². The van der Waals surface area contributed by atoms with Crippen molar-refractivity contribution in [3.63, 3.8) is 0 Å². The minimum atomic E-state index is -0.208. The summed E-state index contributed by atoms with van der Waals surface area (Å²) in [6, 6.07) is 11.7. The molecule has 28 heavy (non-hydrogen) atoms. The summed E-state index contributed by atoms with van der Waals surface area (Å²) < 4.78 is 18.3. The number of benzene rings is 2. The largest absolute Gasteiger partial charge is 0.496 e. The zero-order chi connectivity index (χ0) is 19.9. The Bertz CT molecular complexity index is 793. The summed E-state index contributed by atoms with van der Waals surface area (Å²) >= 11 is 5.98. The van der Waals surface area contributed by atoms with Gasteiger partial charge in [-0.2, -0.15) is 0 Å². The van der Waals surface area contributed by atoms with Crippen LogP contribution < -0.4 is 15.0 Å². The molecule has 0 atom stereocenters. The SMILES string of the molecule is COc1ccc(Cl)cc1C(=O)NCCCN1CCN(c2ccc(F)cc2)CC1. The average molecular weight is 406 g/mol. The highest BCUT2D eigenvalue weighted by Gasteiger charge is 2.17. The van der Waals surface area contributed by atoms with Gasteiger partial charge in [-0.1, -0.05) is 11.6 Å². The Morgan fingerprint density at radius 3 is 2.54 bits per heavy atom. The number of amides is 1. The van der Waals surface area contributed by atoms with Crippen molar-refractivity contribution in [1.29, 1.82) is 0 Å². The smallest absolute Gasteiger partial charge is 0.255 e. The van der Waals surface area contributed by atoms with Crippen molar-refractivity contribution >= 4 is 23.2 Å². The zero-order valence-electron chi connectivity index (χ0n) is 16.0. The number of halogens is 2. The summed E-state index contributed by atoms with van der Waals surface area (Å²) in [5, 5.41) is 3.43. The highest BCUT2D eigenvalue weighted by molar-refractivity contribution is 6.31. The topological polar surface area (TPSA) is 44.8 Å². The lowest BCUT2D eigenvalue weighted by Crippen LogP contribution is -2.47. The molecule has 2 aromatic rings. The molecular weight excluding hydrogens is 381 g/mol. The maximum Gasteiger partial charge on any atom is 0.255 e. The van der Waals surface area contributed by atoms with Gasteiger partial charge in [0.15, 0.2) is 0 Å². The Balaban J connectivity index is 1.39. The monoisotopic (exact) mass is 405 g/mol. The predicted octanol–water partition coefficient (Wildman–Crippen LogP) is 3.43. The van der Waals surface area contributed by atoms with Gasteiger partial charge in [0.25, 0.3) is 5.91 Å². The van der Waals surface area contributed by atoms with Crippen molar-refractivity contribution in [3.8, 4) is 5.75 Å².